The molecule has 0 saturated heterocycles. The maximum atomic E-state index is 5.97. The Morgan fingerprint density at radius 3 is 2.17 bits per heavy atom. The monoisotopic (exact) mass is 266 g/mol. The van der Waals surface area contributed by atoms with E-state index in [1.54, 1.807) is 0 Å². The molecular formula is C16H27OP. The molecule has 1 unspecified atom stereocenters. The molecule has 0 aliphatic rings. The molecule has 0 aliphatic carbocycles. The van der Waals surface area contributed by atoms with E-state index >= 15 is 0 Å². The van der Waals surface area contributed by atoms with E-state index < -0.39 is 0 Å². The molecule has 1 nitrogen and oxygen atoms in total. The maximum absolute atomic E-state index is 5.97. The Labute approximate surface area is 114 Å². The van der Waals surface area contributed by atoms with Crippen LogP contribution >= 0.6 is 7.92 Å². The zero-order chi connectivity index (χ0) is 13.8. The van der Waals surface area contributed by atoms with Gasteiger partial charge in [-0.2, -0.15) is 0 Å². The Kier molecular flexibility index (Phi) is 5.66. The third-order valence-electron chi connectivity index (χ3n) is 3.16. The van der Waals surface area contributed by atoms with Crippen molar-refractivity contribution in [1.82, 2.24) is 0 Å². The van der Waals surface area contributed by atoms with Crippen LogP contribution in [0.4, 0.5) is 0 Å². The summed E-state index contributed by atoms with van der Waals surface area (Å²) in [5.41, 5.74) is -0.0730. The summed E-state index contributed by atoms with van der Waals surface area (Å²) in [6.07, 6.45) is 2.32. The van der Waals surface area contributed by atoms with Crippen LogP contribution in [-0.2, 0) is 0 Å². The molecule has 1 aromatic carbocycles. The van der Waals surface area contributed by atoms with E-state index in [9.17, 15) is 0 Å². The maximum Gasteiger partial charge on any atom is 0.120 e. The van der Waals surface area contributed by atoms with Crippen LogP contribution in [0, 0.1) is 5.92 Å². The number of rotatable bonds is 6. The van der Waals surface area contributed by atoms with Gasteiger partial charge in [-0.25, -0.2) is 0 Å². The van der Waals surface area contributed by atoms with Crippen molar-refractivity contribution in [2.75, 3.05) is 12.8 Å². The highest BCUT2D eigenvalue weighted by atomic mass is 31.1. The van der Waals surface area contributed by atoms with Gasteiger partial charge in [0.15, 0.2) is 0 Å². The predicted octanol–water partition coefficient (Wildman–Crippen LogP) is 4.65. The molecule has 0 radical (unpaired) electrons. The van der Waals surface area contributed by atoms with Crippen molar-refractivity contribution in [3.05, 3.63) is 24.3 Å². The summed E-state index contributed by atoms with van der Waals surface area (Å²) in [5, 5.41) is 1.47. The second-order valence-corrected chi connectivity index (χ2v) is 8.26. The van der Waals surface area contributed by atoms with Gasteiger partial charge in [0, 0.05) is 0 Å². The third kappa shape index (κ3) is 4.98. The van der Waals surface area contributed by atoms with E-state index in [-0.39, 0.29) is 13.5 Å². The summed E-state index contributed by atoms with van der Waals surface area (Å²) in [4.78, 5) is 0. The molecule has 0 N–H and O–H groups in total. The van der Waals surface area contributed by atoms with Gasteiger partial charge < -0.3 is 4.74 Å². The number of benzene rings is 1. The zero-order valence-electron chi connectivity index (χ0n) is 12.7. The molecule has 0 bridgehead atoms. The minimum atomic E-state index is -0.0730. The van der Waals surface area contributed by atoms with Gasteiger partial charge in [0.2, 0.25) is 0 Å². The van der Waals surface area contributed by atoms with Crippen molar-refractivity contribution in [2.45, 2.75) is 46.6 Å². The van der Waals surface area contributed by atoms with Crippen molar-refractivity contribution in [1.29, 1.82) is 0 Å². The van der Waals surface area contributed by atoms with E-state index in [2.05, 4.69) is 65.5 Å². The van der Waals surface area contributed by atoms with Crippen LogP contribution in [-0.4, -0.2) is 18.4 Å². The normalized spacial score (nSPS) is 13.7. The molecule has 0 saturated carbocycles. The van der Waals surface area contributed by atoms with E-state index in [1.807, 2.05) is 0 Å². The second-order valence-electron chi connectivity index (χ2n) is 5.98. The van der Waals surface area contributed by atoms with Gasteiger partial charge in [0.1, 0.15) is 11.4 Å². The van der Waals surface area contributed by atoms with E-state index in [0.29, 0.717) is 0 Å². The van der Waals surface area contributed by atoms with E-state index in [1.165, 1.54) is 11.5 Å². The lowest BCUT2D eigenvalue weighted by Gasteiger charge is -2.25. The fraction of sp³-hybridized carbons (Fsp3) is 0.625. The molecule has 18 heavy (non-hydrogen) atoms. The highest BCUT2D eigenvalue weighted by Gasteiger charge is 2.16. The second kappa shape index (κ2) is 6.57. The fourth-order valence-electron chi connectivity index (χ4n) is 1.81. The average molecular weight is 266 g/mol. The Morgan fingerprint density at radius 2 is 1.72 bits per heavy atom. The molecule has 102 valence electrons. The Morgan fingerprint density at radius 1 is 1.17 bits per heavy atom. The first-order chi connectivity index (χ1) is 8.34. The van der Waals surface area contributed by atoms with Crippen LogP contribution in [0.25, 0.3) is 0 Å². The third-order valence-corrected chi connectivity index (χ3v) is 5.62. The lowest BCUT2D eigenvalue weighted by molar-refractivity contribution is 0.105. The Bertz CT molecular complexity index is 354. The van der Waals surface area contributed by atoms with Crippen LogP contribution in [0.2, 0.25) is 0 Å². The summed E-state index contributed by atoms with van der Waals surface area (Å²) < 4.78 is 5.97. The molecule has 1 atom stereocenters. The molecule has 1 aromatic rings. The smallest absolute Gasteiger partial charge is 0.120 e. The molecule has 1 rings (SSSR count). The minimum absolute atomic E-state index is 0.0198. The first-order valence-electron chi connectivity index (χ1n) is 6.84. The molecule has 0 aliphatic heterocycles. The average Bonchev–Trinajstić information content (AvgIpc) is 2.28. The molecule has 0 amide bonds. The van der Waals surface area contributed by atoms with Crippen LogP contribution < -0.4 is 10.0 Å². The largest absolute Gasteiger partial charge is 0.488 e. The lowest BCUT2D eigenvalue weighted by atomic mass is 10.1. The fourth-order valence-corrected chi connectivity index (χ4v) is 3.78. The number of hydrogen-bond acceptors (Lipinski definition) is 1. The molecular weight excluding hydrogens is 239 g/mol. The zero-order valence-corrected chi connectivity index (χ0v) is 13.6. The molecule has 0 heterocycles. The lowest BCUT2D eigenvalue weighted by Crippen LogP contribution is -2.26. The van der Waals surface area contributed by atoms with Gasteiger partial charge in [0.05, 0.1) is 0 Å². The van der Waals surface area contributed by atoms with Gasteiger partial charge in [0.25, 0.3) is 0 Å². The van der Waals surface area contributed by atoms with Crippen LogP contribution in [0.5, 0.6) is 5.75 Å². The Hall–Kier alpha value is -0.550. The highest BCUT2D eigenvalue weighted by molar-refractivity contribution is 7.64. The van der Waals surface area contributed by atoms with Crippen molar-refractivity contribution < 1.29 is 4.74 Å². The summed E-state index contributed by atoms with van der Waals surface area (Å²) in [6.45, 7) is 13.4. The van der Waals surface area contributed by atoms with Gasteiger partial charge in [-0.05, 0) is 56.5 Å². The van der Waals surface area contributed by atoms with Crippen LogP contribution in [0.3, 0.4) is 0 Å². The summed E-state index contributed by atoms with van der Waals surface area (Å²) >= 11 is 0. The molecule has 0 fully saturated rings. The molecule has 0 aromatic heterocycles. The van der Waals surface area contributed by atoms with Gasteiger partial charge in [-0.3, -0.25) is 0 Å². The van der Waals surface area contributed by atoms with Gasteiger partial charge >= 0.3 is 0 Å². The van der Waals surface area contributed by atoms with E-state index in [0.717, 1.165) is 18.1 Å². The van der Waals surface area contributed by atoms with Crippen molar-refractivity contribution in [3.63, 3.8) is 0 Å². The minimum Gasteiger partial charge on any atom is -0.488 e. The first kappa shape index (κ1) is 15.5. The topological polar surface area (TPSA) is 9.23 Å². The highest BCUT2D eigenvalue weighted by Crippen LogP contribution is 2.32. The molecule has 0 spiro atoms. The van der Waals surface area contributed by atoms with Crippen LogP contribution in [0.15, 0.2) is 24.3 Å². The number of hydrogen-bond donors (Lipinski definition) is 0. The van der Waals surface area contributed by atoms with Gasteiger partial charge in [-0.15, -0.1) is 0 Å². The summed E-state index contributed by atoms with van der Waals surface area (Å²) in [5.74, 6) is 1.76. The standard InChI is InChI=1S/C16H27OP/c1-7-16(4,5)17-14-8-10-15(11-9-14)18(6)12-13(2)3/h8-11,13H,7,12H2,1-6H3. The number of ether oxygens (including phenoxy) is 1. The summed E-state index contributed by atoms with van der Waals surface area (Å²) in [6, 6.07) is 8.70. The van der Waals surface area contributed by atoms with E-state index in [4.69, 9.17) is 4.74 Å². The van der Waals surface area contributed by atoms with Gasteiger partial charge in [-0.1, -0.05) is 40.8 Å². The first-order valence-corrected chi connectivity index (χ1v) is 8.81. The molecule has 2 heteroatoms. The quantitative estimate of drug-likeness (QED) is 0.681. The van der Waals surface area contributed by atoms with Crippen molar-refractivity contribution in [3.8, 4) is 5.75 Å². The predicted molar refractivity (Wildman–Crippen MR) is 83.6 cm³/mol. The SMILES string of the molecule is CCC(C)(C)Oc1ccc(P(C)CC(C)C)cc1. The van der Waals surface area contributed by atoms with Crippen LogP contribution in [0.1, 0.15) is 41.0 Å². The van der Waals surface area contributed by atoms with Crippen molar-refractivity contribution >= 4 is 13.2 Å². The van der Waals surface area contributed by atoms with Crippen molar-refractivity contribution in [2.24, 2.45) is 5.92 Å². The Balaban J connectivity index is 2.68. The summed E-state index contributed by atoms with van der Waals surface area (Å²) in [7, 11) is -0.0198.